The smallest absolute Gasteiger partial charge is 0.326 e. The number of benzene rings is 1. The predicted octanol–water partition coefficient (Wildman–Crippen LogP) is 3.19. The van der Waals surface area contributed by atoms with E-state index < -0.39 is 36.1 Å². The number of aryl methyl sites for hydroxylation is 1. The van der Waals surface area contributed by atoms with Gasteiger partial charge in [-0.3, -0.25) is 19.3 Å². The molecule has 0 bridgehead atoms. The number of urea groups is 1. The standard InChI is InChI=1S/C22H24ClN3O5/c1-12-10-17(13(2)26(12)16-8-6-15(23)7-9-16)19(28)14(3)31-18(27)11-25-20(29)22(4,5)24-21(25)30/h6-10,14H,11H2,1-5H3,(H,24,30)/t14-/m1/s1. The number of amides is 3. The van der Waals surface area contributed by atoms with E-state index in [1.165, 1.54) is 6.92 Å². The van der Waals surface area contributed by atoms with Crippen LogP contribution in [-0.2, 0) is 14.3 Å². The zero-order chi connectivity index (χ0) is 23.1. The molecule has 1 saturated heterocycles. The Morgan fingerprint density at radius 3 is 2.32 bits per heavy atom. The lowest BCUT2D eigenvalue weighted by Crippen LogP contribution is -2.41. The van der Waals surface area contributed by atoms with Crippen LogP contribution in [0, 0.1) is 13.8 Å². The number of aromatic nitrogens is 1. The summed E-state index contributed by atoms with van der Waals surface area (Å²) in [7, 11) is 0. The van der Waals surface area contributed by atoms with Crippen molar-refractivity contribution in [2.75, 3.05) is 6.54 Å². The fourth-order valence-electron chi connectivity index (χ4n) is 3.60. The summed E-state index contributed by atoms with van der Waals surface area (Å²) >= 11 is 5.96. The summed E-state index contributed by atoms with van der Waals surface area (Å²) in [5.41, 5.74) is 1.72. The molecule has 1 fully saturated rings. The van der Waals surface area contributed by atoms with Crippen LogP contribution in [0.1, 0.15) is 42.5 Å². The Balaban J connectivity index is 1.73. The molecule has 0 aliphatic carbocycles. The molecule has 2 aromatic rings. The molecule has 0 unspecified atom stereocenters. The minimum atomic E-state index is -1.09. The van der Waals surface area contributed by atoms with Crippen LogP contribution in [0.2, 0.25) is 5.02 Å². The lowest BCUT2D eigenvalue weighted by molar-refractivity contribution is -0.149. The Morgan fingerprint density at radius 2 is 1.77 bits per heavy atom. The number of carbonyl (C=O) groups excluding carboxylic acids is 4. The number of imide groups is 1. The highest BCUT2D eigenvalue weighted by atomic mass is 35.5. The topological polar surface area (TPSA) is 97.7 Å². The number of nitrogens with one attached hydrogen (secondary N) is 1. The first-order chi connectivity index (χ1) is 14.4. The van der Waals surface area contributed by atoms with Crippen LogP contribution in [0.4, 0.5) is 4.79 Å². The van der Waals surface area contributed by atoms with Gasteiger partial charge in [0.2, 0.25) is 5.78 Å². The largest absolute Gasteiger partial charge is 0.453 e. The molecular formula is C22H24ClN3O5. The molecule has 0 radical (unpaired) electrons. The maximum atomic E-state index is 12.9. The molecule has 1 aliphatic heterocycles. The molecule has 1 aliphatic rings. The van der Waals surface area contributed by atoms with Crippen LogP contribution >= 0.6 is 11.6 Å². The third-order valence-corrected chi connectivity index (χ3v) is 5.44. The molecule has 0 spiro atoms. The van der Waals surface area contributed by atoms with Gasteiger partial charge in [-0.05, 0) is 65.0 Å². The van der Waals surface area contributed by atoms with E-state index in [0.717, 1.165) is 16.3 Å². The van der Waals surface area contributed by atoms with Gasteiger partial charge in [0.1, 0.15) is 12.1 Å². The van der Waals surface area contributed by atoms with Crippen molar-refractivity contribution in [3.05, 3.63) is 52.3 Å². The van der Waals surface area contributed by atoms with Crippen molar-refractivity contribution in [3.63, 3.8) is 0 Å². The molecule has 1 aromatic heterocycles. The second-order valence-electron chi connectivity index (χ2n) is 8.04. The summed E-state index contributed by atoms with van der Waals surface area (Å²) in [5.74, 6) is -1.74. The number of halogens is 1. The van der Waals surface area contributed by atoms with Gasteiger partial charge in [-0.1, -0.05) is 11.6 Å². The zero-order valence-corrected chi connectivity index (χ0v) is 18.7. The van der Waals surface area contributed by atoms with Crippen LogP contribution in [-0.4, -0.2) is 51.3 Å². The molecule has 1 N–H and O–H groups in total. The van der Waals surface area contributed by atoms with E-state index in [9.17, 15) is 19.2 Å². The molecule has 1 atom stereocenters. The van der Waals surface area contributed by atoms with Gasteiger partial charge >= 0.3 is 12.0 Å². The maximum absolute atomic E-state index is 12.9. The Hall–Kier alpha value is -3.13. The molecule has 8 nitrogen and oxygen atoms in total. The number of rotatable bonds is 6. The molecule has 9 heteroatoms. The maximum Gasteiger partial charge on any atom is 0.326 e. The van der Waals surface area contributed by atoms with Crippen LogP contribution < -0.4 is 5.32 Å². The molecular weight excluding hydrogens is 422 g/mol. The van der Waals surface area contributed by atoms with Crippen LogP contribution in [0.5, 0.6) is 0 Å². The SMILES string of the molecule is Cc1cc(C(=O)[C@@H](C)OC(=O)CN2C(=O)NC(C)(C)C2=O)c(C)n1-c1ccc(Cl)cc1. The average molecular weight is 446 g/mol. The monoisotopic (exact) mass is 445 g/mol. The summed E-state index contributed by atoms with van der Waals surface area (Å²) < 4.78 is 7.14. The minimum absolute atomic E-state index is 0.376. The summed E-state index contributed by atoms with van der Waals surface area (Å²) in [6.07, 6.45) is -1.08. The van der Waals surface area contributed by atoms with E-state index in [4.69, 9.17) is 16.3 Å². The Bertz CT molecular complexity index is 1070. The van der Waals surface area contributed by atoms with Crippen molar-refractivity contribution in [1.82, 2.24) is 14.8 Å². The van der Waals surface area contributed by atoms with Crippen molar-refractivity contribution in [3.8, 4) is 5.69 Å². The van der Waals surface area contributed by atoms with Gasteiger partial charge in [-0.15, -0.1) is 0 Å². The number of carbonyl (C=O) groups is 4. The third kappa shape index (κ3) is 4.34. The Kier molecular flexibility index (Phi) is 5.96. The number of ketones is 1. The number of hydrogen-bond donors (Lipinski definition) is 1. The normalized spacial score (nSPS) is 16.3. The highest BCUT2D eigenvalue weighted by molar-refractivity contribution is 6.30. The molecule has 2 heterocycles. The van der Waals surface area contributed by atoms with Gasteiger partial charge < -0.3 is 14.6 Å². The van der Waals surface area contributed by atoms with Crippen molar-refractivity contribution >= 4 is 35.3 Å². The van der Waals surface area contributed by atoms with E-state index in [-0.39, 0.29) is 5.78 Å². The molecule has 1 aromatic carbocycles. The van der Waals surface area contributed by atoms with Crippen molar-refractivity contribution in [2.45, 2.75) is 46.3 Å². The molecule has 0 saturated carbocycles. The lowest BCUT2D eigenvalue weighted by Gasteiger charge is -2.17. The van der Waals surface area contributed by atoms with E-state index in [0.29, 0.717) is 16.3 Å². The van der Waals surface area contributed by atoms with Crippen molar-refractivity contribution in [2.24, 2.45) is 0 Å². The second kappa shape index (κ2) is 8.19. The quantitative estimate of drug-likeness (QED) is 0.418. The van der Waals surface area contributed by atoms with Gasteiger partial charge in [-0.2, -0.15) is 0 Å². The molecule has 3 amide bonds. The van der Waals surface area contributed by atoms with Crippen molar-refractivity contribution < 1.29 is 23.9 Å². The Morgan fingerprint density at radius 1 is 1.16 bits per heavy atom. The van der Waals surface area contributed by atoms with Gasteiger partial charge in [-0.25, -0.2) is 4.79 Å². The first kappa shape index (κ1) is 22.6. The minimum Gasteiger partial charge on any atom is -0.453 e. The third-order valence-electron chi connectivity index (χ3n) is 5.19. The van der Waals surface area contributed by atoms with Crippen LogP contribution in [0.25, 0.3) is 5.69 Å². The number of esters is 1. The second-order valence-corrected chi connectivity index (χ2v) is 8.48. The summed E-state index contributed by atoms with van der Waals surface area (Å²) in [4.78, 5) is 50.2. The first-order valence-electron chi connectivity index (χ1n) is 9.75. The fraction of sp³-hybridized carbons (Fsp3) is 0.364. The summed E-state index contributed by atoms with van der Waals surface area (Å²) in [5, 5.41) is 3.10. The van der Waals surface area contributed by atoms with E-state index >= 15 is 0 Å². The van der Waals surface area contributed by atoms with Gasteiger partial charge in [0.05, 0.1) is 0 Å². The number of hydrogen-bond acceptors (Lipinski definition) is 5. The van der Waals surface area contributed by atoms with Gasteiger partial charge in [0.25, 0.3) is 5.91 Å². The van der Waals surface area contributed by atoms with Crippen LogP contribution in [0.15, 0.2) is 30.3 Å². The first-order valence-corrected chi connectivity index (χ1v) is 10.1. The summed E-state index contributed by atoms with van der Waals surface area (Å²) in [6.45, 7) is 7.66. The Labute approximate surface area is 185 Å². The van der Waals surface area contributed by atoms with E-state index in [1.54, 1.807) is 39.0 Å². The summed E-state index contributed by atoms with van der Waals surface area (Å²) in [6, 6.07) is 8.28. The number of Topliss-reactive ketones (excluding diaryl/α,β-unsaturated/α-hetero) is 1. The van der Waals surface area contributed by atoms with Gasteiger partial charge in [0, 0.05) is 27.7 Å². The predicted molar refractivity (Wildman–Crippen MR) is 114 cm³/mol. The fourth-order valence-corrected chi connectivity index (χ4v) is 3.72. The average Bonchev–Trinajstić information content (AvgIpc) is 3.08. The highest BCUT2D eigenvalue weighted by Crippen LogP contribution is 2.24. The highest BCUT2D eigenvalue weighted by Gasteiger charge is 2.45. The molecule has 164 valence electrons. The number of nitrogens with zero attached hydrogens (tertiary/aromatic N) is 2. The zero-order valence-electron chi connectivity index (χ0n) is 18.0. The van der Waals surface area contributed by atoms with Crippen molar-refractivity contribution in [1.29, 1.82) is 0 Å². The van der Waals surface area contributed by atoms with E-state index in [1.807, 2.05) is 23.6 Å². The lowest BCUT2D eigenvalue weighted by atomic mass is 10.1. The van der Waals surface area contributed by atoms with Gasteiger partial charge in [0.15, 0.2) is 6.10 Å². The number of ether oxygens (including phenoxy) is 1. The molecule has 31 heavy (non-hydrogen) atoms. The van der Waals surface area contributed by atoms with Crippen LogP contribution in [0.3, 0.4) is 0 Å². The molecule has 3 rings (SSSR count). The van der Waals surface area contributed by atoms with E-state index in [2.05, 4.69) is 5.32 Å².